The Labute approximate surface area is 200 Å². The highest BCUT2D eigenvalue weighted by atomic mass is 32.2. The topological polar surface area (TPSA) is 125 Å². The van der Waals surface area contributed by atoms with Gasteiger partial charge in [0.05, 0.1) is 17.7 Å². The minimum absolute atomic E-state index is 0.0115. The Hall–Kier alpha value is -2.66. The van der Waals surface area contributed by atoms with Crippen molar-refractivity contribution in [2.24, 2.45) is 5.92 Å². The van der Waals surface area contributed by atoms with Crippen molar-refractivity contribution in [1.29, 1.82) is 0 Å². The number of rotatable bonds is 6. The van der Waals surface area contributed by atoms with Gasteiger partial charge in [-0.1, -0.05) is 26.2 Å². The number of urea groups is 1. The van der Waals surface area contributed by atoms with Crippen LogP contribution in [0.15, 0.2) is 23.1 Å². The second-order valence-corrected chi connectivity index (χ2v) is 11.3. The molecule has 1 aromatic carbocycles. The molecule has 2 saturated heterocycles. The zero-order chi connectivity index (χ0) is 24.5. The average molecular weight is 493 g/mol. The lowest BCUT2D eigenvalue weighted by Gasteiger charge is -2.36. The Morgan fingerprint density at radius 2 is 1.91 bits per heavy atom. The van der Waals surface area contributed by atoms with Crippen molar-refractivity contribution in [3.05, 3.63) is 18.2 Å². The molecule has 2 heterocycles. The largest absolute Gasteiger partial charge is 0.495 e. The van der Waals surface area contributed by atoms with E-state index in [-0.39, 0.29) is 28.2 Å². The maximum Gasteiger partial charge on any atom is 0.325 e. The molecule has 34 heavy (non-hydrogen) atoms. The van der Waals surface area contributed by atoms with Gasteiger partial charge in [0.15, 0.2) is 0 Å². The second-order valence-electron chi connectivity index (χ2n) is 9.31. The quantitative estimate of drug-likeness (QED) is 0.587. The molecule has 0 bridgehead atoms. The van der Waals surface area contributed by atoms with Crippen LogP contribution in [0.1, 0.15) is 51.9 Å². The van der Waals surface area contributed by atoms with Crippen molar-refractivity contribution in [2.45, 2.75) is 62.3 Å². The molecule has 11 heteroatoms. The van der Waals surface area contributed by atoms with Crippen LogP contribution in [0.2, 0.25) is 0 Å². The summed E-state index contributed by atoms with van der Waals surface area (Å²) in [6, 6.07) is 3.71. The molecule has 3 aliphatic rings. The Kier molecular flexibility index (Phi) is 6.86. The first kappa shape index (κ1) is 24.5. The van der Waals surface area contributed by atoms with Gasteiger partial charge in [-0.15, -0.1) is 0 Å². The highest BCUT2D eigenvalue weighted by Gasteiger charge is 2.55. The number of amides is 4. The zero-order valence-corrected chi connectivity index (χ0v) is 20.4. The molecule has 186 valence electrons. The highest BCUT2D eigenvalue weighted by molar-refractivity contribution is 7.89. The smallest absolute Gasteiger partial charge is 0.325 e. The van der Waals surface area contributed by atoms with E-state index in [1.165, 1.54) is 29.6 Å². The molecule has 4 rings (SSSR count). The number of piperidine rings is 1. The Bertz CT molecular complexity index is 1080. The van der Waals surface area contributed by atoms with Crippen LogP contribution in [-0.4, -0.2) is 67.8 Å². The number of anilines is 1. The molecule has 1 saturated carbocycles. The van der Waals surface area contributed by atoms with Crippen molar-refractivity contribution >= 4 is 33.6 Å². The van der Waals surface area contributed by atoms with E-state index in [1.54, 1.807) is 0 Å². The van der Waals surface area contributed by atoms with Crippen molar-refractivity contribution in [1.82, 2.24) is 14.5 Å². The van der Waals surface area contributed by atoms with Crippen molar-refractivity contribution in [3.8, 4) is 5.75 Å². The van der Waals surface area contributed by atoms with E-state index >= 15 is 0 Å². The number of imide groups is 1. The number of nitrogens with one attached hydrogen (secondary N) is 2. The van der Waals surface area contributed by atoms with Crippen LogP contribution in [0, 0.1) is 5.92 Å². The van der Waals surface area contributed by atoms with Gasteiger partial charge in [0.1, 0.15) is 17.8 Å². The summed E-state index contributed by atoms with van der Waals surface area (Å²) in [6.45, 7) is 2.40. The fraction of sp³-hybridized carbons (Fsp3) is 0.609. The Morgan fingerprint density at radius 1 is 1.18 bits per heavy atom. The Morgan fingerprint density at radius 3 is 2.59 bits per heavy atom. The molecule has 0 unspecified atom stereocenters. The molecule has 2 atom stereocenters. The van der Waals surface area contributed by atoms with Crippen LogP contribution in [0.4, 0.5) is 10.5 Å². The molecule has 3 fully saturated rings. The monoisotopic (exact) mass is 492 g/mol. The lowest BCUT2D eigenvalue weighted by molar-refractivity contribution is -0.136. The number of sulfonamides is 1. The van der Waals surface area contributed by atoms with Gasteiger partial charge in [0.2, 0.25) is 15.9 Å². The summed E-state index contributed by atoms with van der Waals surface area (Å²) in [4.78, 5) is 39.5. The number of nitrogens with zero attached hydrogens (tertiary/aromatic N) is 2. The third-order valence-electron chi connectivity index (χ3n) is 7.20. The molecule has 4 amide bonds. The third kappa shape index (κ3) is 4.38. The highest BCUT2D eigenvalue weighted by Crippen LogP contribution is 2.38. The number of ether oxygens (including phenoxy) is 1. The fourth-order valence-corrected chi connectivity index (χ4v) is 6.72. The van der Waals surface area contributed by atoms with Crippen LogP contribution < -0.4 is 15.4 Å². The summed E-state index contributed by atoms with van der Waals surface area (Å²) in [6.07, 6.45) is 5.85. The molecule has 1 spiro atoms. The van der Waals surface area contributed by atoms with E-state index in [9.17, 15) is 22.8 Å². The molecule has 1 aromatic rings. The summed E-state index contributed by atoms with van der Waals surface area (Å²) in [7, 11) is -2.30. The SMILES string of the molecule is COc1ccc(S(=O)(=O)N2CCCCC2)cc1NC(=O)CN1C(=O)N[C@]2(CCCC[C@H]2C)C1=O. The maximum absolute atomic E-state index is 13.1. The van der Waals surface area contributed by atoms with E-state index in [0.717, 1.165) is 43.4 Å². The predicted octanol–water partition coefficient (Wildman–Crippen LogP) is 2.31. The van der Waals surface area contributed by atoms with E-state index < -0.39 is 34.0 Å². The first-order chi connectivity index (χ1) is 16.2. The van der Waals surface area contributed by atoms with Crippen LogP contribution in [0.25, 0.3) is 0 Å². The Balaban J connectivity index is 1.51. The van der Waals surface area contributed by atoms with Gasteiger partial charge in [-0.3, -0.25) is 14.5 Å². The van der Waals surface area contributed by atoms with Crippen LogP contribution in [0.3, 0.4) is 0 Å². The zero-order valence-electron chi connectivity index (χ0n) is 19.6. The van der Waals surface area contributed by atoms with Crippen molar-refractivity contribution in [2.75, 3.05) is 32.1 Å². The van der Waals surface area contributed by atoms with Crippen molar-refractivity contribution in [3.63, 3.8) is 0 Å². The number of hydrogen-bond donors (Lipinski definition) is 2. The molecule has 2 N–H and O–H groups in total. The van der Waals surface area contributed by atoms with Gasteiger partial charge in [-0.2, -0.15) is 4.31 Å². The molecular formula is C23H32N4O6S. The van der Waals surface area contributed by atoms with E-state index in [1.807, 2.05) is 6.92 Å². The molecule has 2 aliphatic heterocycles. The lowest BCUT2D eigenvalue weighted by Crippen LogP contribution is -2.54. The van der Waals surface area contributed by atoms with Gasteiger partial charge >= 0.3 is 6.03 Å². The van der Waals surface area contributed by atoms with Crippen LogP contribution in [0.5, 0.6) is 5.75 Å². The number of hydrogen-bond acceptors (Lipinski definition) is 6. The van der Waals surface area contributed by atoms with Crippen molar-refractivity contribution < 1.29 is 27.5 Å². The van der Waals surface area contributed by atoms with Gasteiger partial charge in [0, 0.05) is 13.1 Å². The minimum atomic E-state index is -3.71. The molecular weight excluding hydrogens is 460 g/mol. The van der Waals surface area contributed by atoms with E-state index in [0.29, 0.717) is 19.5 Å². The summed E-state index contributed by atoms with van der Waals surface area (Å²) in [5.41, 5.74) is -0.783. The average Bonchev–Trinajstić information content (AvgIpc) is 3.06. The van der Waals surface area contributed by atoms with E-state index in [4.69, 9.17) is 4.74 Å². The maximum atomic E-state index is 13.1. The number of benzene rings is 1. The summed E-state index contributed by atoms with van der Waals surface area (Å²) < 4.78 is 32.9. The van der Waals surface area contributed by atoms with Gasteiger partial charge in [-0.25, -0.2) is 13.2 Å². The van der Waals surface area contributed by atoms with Gasteiger partial charge in [0.25, 0.3) is 5.91 Å². The number of carbonyl (C=O) groups excluding carboxylic acids is 3. The first-order valence-corrected chi connectivity index (χ1v) is 13.3. The number of methoxy groups -OCH3 is 1. The first-order valence-electron chi connectivity index (χ1n) is 11.8. The van der Waals surface area contributed by atoms with Crippen LogP contribution in [-0.2, 0) is 19.6 Å². The standard InChI is InChI=1S/C23H32N4O6S/c1-16-8-4-5-11-23(16)21(29)27(22(30)25-23)15-20(28)24-18-14-17(9-10-19(18)33-2)34(31,32)26-12-6-3-7-13-26/h9-10,14,16H,3-8,11-13,15H2,1-2H3,(H,24,28)(H,25,30)/t16-,23+/m1/s1. The number of carbonyl (C=O) groups is 3. The van der Waals surface area contributed by atoms with Gasteiger partial charge in [-0.05, 0) is 49.8 Å². The van der Waals surface area contributed by atoms with Crippen LogP contribution >= 0.6 is 0 Å². The summed E-state index contributed by atoms with van der Waals surface area (Å²) in [5.74, 6) is -0.730. The molecule has 1 aliphatic carbocycles. The lowest BCUT2D eigenvalue weighted by atomic mass is 9.73. The minimum Gasteiger partial charge on any atom is -0.495 e. The van der Waals surface area contributed by atoms with Gasteiger partial charge < -0.3 is 15.4 Å². The second kappa shape index (κ2) is 9.53. The summed E-state index contributed by atoms with van der Waals surface area (Å²) >= 11 is 0. The summed E-state index contributed by atoms with van der Waals surface area (Å²) in [5, 5.41) is 5.45. The molecule has 0 aromatic heterocycles. The fourth-order valence-electron chi connectivity index (χ4n) is 5.17. The normalized spacial score (nSPS) is 25.9. The third-order valence-corrected chi connectivity index (χ3v) is 9.10. The van der Waals surface area contributed by atoms with E-state index in [2.05, 4.69) is 10.6 Å². The molecule has 0 radical (unpaired) electrons. The molecule has 10 nitrogen and oxygen atoms in total. The predicted molar refractivity (Wildman–Crippen MR) is 125 cm³/mol.